The first kappa shape index (κ1) is 21.3. The molecule has 0 radical (unpaired) electrons. The Morgan fingerprint density at radius 3 is 2.19 bits per heavy atom. The van der Waals surface area contributed by atoms with Gasteiger partial charge >= 0.3 is 0 Å². The average molecular weight is 428 g/mol. The summed E-state index contributed by atoms with van der Waals surface area (Å²) in [6, 6.07) is 22.0. The second-order valence-electron chi connectivity index (χ2n) is 7.62. The molecule has 3 amide bonds. The standard InChI is InChI=1S/C26H24N2O4/c1-32-23-14-13-19(17-28-25(30)20-11-5-6-12-21(20)26(28)31)16-22(23)24(29)27-15-7-10-18-8-3-2-4-9-18/h2-6,8-9,11-14,16H,7,10,15,17H2,1H3,(H,27,29). The molecule has 3 aromatic carbocycles. The highest BCUT2D eigenvalue weighted by molar-refractivity contribution is 6.21. The molecule has 1 aliphatic heterocycles. The van der Waals surface area contributed by atoms with E-state index in [-0.39, 0.29) is 24.3 Å². The smallest absolute Gasteiger partial charge is 0.261 e. The summed E-state index contributed by atoms with van der Waals surface area (Å²) >= 11 is 0. The molecule has 0 fully saturated rings. The molecule has 6 heteroatoms. The van der Waals surface area contributed by atoms with E-state index in [1.807, 2.05) is 18.2 Å². The fourth-order valence-electron chi connectivity index (χ4n) is 3.83. The molecular formula is C26H24N2O4. The predicted molar refractivity (Wildman–Crippen MR) is 121 cm³/mol. The number of rotatable bonds is 8. The van der Waals surface area contributed by atoms with Crippen LogP contribution in [0.25, 0.3) is 0 Å². The minimum atomic E-state index is -0.326. The van der Waals surface area contributed by atoms with Gasteiger partial charge in [0.05, 0.1) is 30.3 Å². The highest BCUT2D eigenvalue weighted by atomic mass is 16.5. The lowest BCUT2D eigenvalue weighted by Crippen LogP contribution is -2.29. The quantitative estimate of drug-likeness (QED) is 0.437. The molecule has 0 atom stereocenters. The monoisotopic (exact) mass is 428 g/mol. The normalized spacial score (nSPS) is 12.6. The van der Waals surface area contributed by atoms with Crippen LogP contribution in [-0.4, -0.2) is 36.3 Å². The van der Waals surface area contributed by atoms with E-state index in [1.165, 1.54) is 17.6 Å². The second-order valence-corrected chi connectivity index (χ2v) is 7.62. The summed E-state index contributed by atoms with van der Waals surface area (Å²) in [5.74, 6) is -0.461. The Kier molecular flexibility index (Phi) is 6.31. The molecule has 0 unspecified atom stereocenters. The lowest BCUT2D eigenvalue weighted by Gasteiger charge is -2.16. The van der Waals surface area contributed by atoms with Gasteiger partial charge in [0.1, 0.15) is 5.75 Å². The van der Waals surface area contributed by atoms with Gasteiger partial charge in [0.25, 0.3) is 17.7 Å². The molecule has 32 heavy (non-hydrogen) atoms. The van der Waals surface area contributed by atoms with Crippen molar-refractivity contribution < 1.29 is 19.1 Å². The molecule has 0 aromatic heterocycles. The number of nitrogens with one attached hydrogen (secondary N) is 1. The lowest BCUT2D eigenvalue weighted by molar-refractivity contribution is 0.0642. The number of ether oxygens (including phenoxy) is 1. The number of nitrogens with zero attached hydrogens (tertiary/aromatic N) is 1. The molecule has 0 aliphatic carbocycles. The first-order valence-electron chi connectivity index (χ1n) is 10.5. The molecule has 4 rings (SSSR count). The SMILES string of the molecule is COc1ccc(CN2C(=O)c3ccccc3C2=O)cc1C(=O)NCCCc1ccccc1. The fraction of sp³-hybridized carbons (Fsp3) is 0.192. The largest absolute Gasteiger partial charge is 0.496 e. The summed E-state index contributed by atoms with van der Waals surface area (Å²) in [5, 5.41) is 2.93. The third-order valence-electron chi connectivity index (χ3n) is 5.50. The van der Waals surface area contributed by atoms with Crippen molar-refractivity contribution in [2.45, 2.75) is 19.4 Å². The van der Waals surface area contributed by atoms with Gasteiger partial charge < -0.3 is 10.1 Å². The van der Waals surface area contributed by atoms with E-state index in [4.69, 9.17) is 4.74 Å². The number of aryl methyl sites for hydroxylation is 1. The van der Waals surface area contributed by atoms with E-state index in [1.54, 1.807) is 42.5 Å². The Bertz CT molecular complexity index is 1120. The lowest BCUT2D eigenvalue weighted by atomic mass is 10.1. The molecule has 0 bridgehead atoms. The van der Waals surface area contributed by atoms with Crippen LogP contribution in [0.2, 0.25) is 0 Å². The first-order valence-corrected chi connectivity index (χ1v) is 10.5. The van der Waals surface area contributed by atoms with Crippen molar-refractivity contribution in [2.75, 3.05) is 13.7 Å². The van der Waals surface area contributed by atoms with Crippen LogP contribution in [0.3, 0.4) is 0 Å². The molecule has 3 aromatic rings. The minimum absolute atomic E-state index is 0.0879. The van der Waals surface area contributed by atoms with Crippen LogP contribution < -0.4 is 10.1 Å². The third kappa shape index (κ3) is 4.39. The van der Waals surface area contributed by atoms with Crippen LogP contribution in [0.15, 0.2) is 72.8 Å². The topological polar surface area (TPSA) is 75.7 Å². The van der Waals surface area contributed by atoms with Gasteiger partial charge in [-0.3, -0.25) is 19.3 Å². The number of amides is 3. The second kappa shape index (κ2) is 9.47. The summed E-state index contributed by atoms with van der Waals surface area (Å²) in [5.41, 5.74) is 3.09. The van der Waals surface area contributed by atoms with Crippen LogP contribution in [0.1, 0.15) is 48.6 Å². The summed E-state index contributed by atoms with van der Waals surface area (Å²) in [7, 11) is 1.51. The van der Waals surface area contributed by atoms with E-state index in [0.717, 1.165) is 12.8 Å². The van der Waals surface area contributed by atoms with Crippen LogP contribution in [0.5, 0.6) is 5.75 Å². The number of methoxy groups -OCH3 is 1. The van der Waals surface area contributed by atoms with Crippen molar-refractivity contribution >= 4 is 17.7 Å². The fourth-order valence-corrected chi connectivity index (χ4v) is 3.83. The Labute approximate surface area is 186 Å². The molecule has 0 saturated heterocycles. The van der Waals surface area contributed by atoms with Gasteiger partial charge in [-0.05, 0) is 48.2 Å². The Balaban J connectivity index is 1.43. The van der Waals surface area contributed by atoms with E-state index >= 15 is 0 Å². The molecule has 1 N–H and O–H groups in total. The zero-order valence-electron chi connectivity index (χ0n) is 17.8. The van der Waals surface area contributed by atoms with Crippen molar-refractivity contribution in [3.63, 3.8) is 0 Å². The maximum Gasteiger partial charge on any atom is 0.261 e. The van der Waals surface area contributed by atoms with Crippen molar-refractivity contribution in [1.29, 1.82) is 0 Å². The van der Waals surface area contributed by atoms with Gasteiger partial charge in [-0.25, -0.2) is 0 Å². The van der Waals surface area contributed by atoms with Crippen molar-refractivity contribution in [1.82, 2.24) is 10.2 Å². The first-order chi connectivity index (χ1) is 15.6. The van der Waals surface area contributed by atoms with Gasteiger partial charge in [-0.15, -0.1) is 0 Å². The molecular weight excluding hydrogens is 404 g/mol. The van der Waals surface area contributed by atoms with Crippen molar-refractivity contribution in [2.24, 2.45) is 0 Å². The number of carbonyl (C=O) groups is 3. The molecule has 0 saturated carbocycles. The maximum absolute atomic E-state index is 12.8. The Morgan fingerprint density at radius 1 is 0.875 bits per heavy atom. The average Bonchev–Trinajstić information content (AvgIpc) is 3.07. The Hall–Kier alpha value is -3.93. The number of imide groups is 1. The maximum atomic E-state index is 12.8. The molecule has 1 aliphatic rings. The van der Waals surface area contributed by atoms with Crippen LogP contribution >= 0.6 is 0 Å². The van der Waals surface area contributed by atoms with Crippen molar-refractivity contribution in [3.8, 4) is 5.75 Å². The molecule has 162 valence electrons. The number of carbonyl (C=O) groups excluding carboxylic acids is 3. The molecule has 6 nitrogen and oxygen atoms in total. The molecule has 0 spiro atoms. The van der Waals surface area contributed by atoms with Crippen LogP contribution in [0, 0.1) is 0 Å². The van der Waals surface area contributed by atoms with Crippen LogP contribution in [-0.2, 0) is 13.0 Å². The molecule has 1 heterocycles. The number of fused-ring (bicyclic) bond motifs is 1. The van der Waals surface area contributed by atoms with E-state index in [0.29, 0.717) is 34.5 Å². The van der Waals surface area contributed by atoms with E-state index in [9.17, 15) is 14.4 Å². The minimum Gasteiger partial charge on any atom is -0.496 e. The highest BCUT2D eigenvalue weighted by Gasteiger charge is 2.35. The number of hydrogen-bond donors (Lipinski definition) is 1. The summed E-state index contributed by atoms with van der Waals surface area (Å²) < 4.78 is 5.35. The number of benzene rings is 3. The summed E-state index contributed by atoms with van der Waals surface area (Å²) in [6.45, 7) is 0.615. The van der Waals surface area contributed by atoms with Gasteiger partial charge in [-0.2, -0.15) is 0 Å². The van der Waals surface area contributed by atoms with Crippen LogP contribution in [0.4, 0.5) is 0 Å². The highest BCUT2D eigenvalue weighted by Crippen LogP contribution is 2.26. The third-order valence-corrected chi connectivity index (χ3v) is 5.50. The zero-order valence-corrected chi connectivity index (χ0v) is 17.8. The zero-order chi connectivity index (χ0) is 22.5. The van der Waals surface area contributed by atoms with Gasteiger partial charge in [0.15, 0.2) is 0 Å². The predicted octanol–water partition coefficient (Wildman–Crippen LogP) is 3.85. The Morgan fingerprint density at radius 2 is 1.53 bits per heavy atom. The van der Waals surface area contributed by atoms with E-state index < -0.39 is 0 Å². The number of hydrogen-bond acceptors (Lipinski definition) is 4. The van der Waals surface area contributed by atoms with E-state index in [2.05, 4.69) is 17.4 Å². The van der Waals surface area contributed by atoms with Gasteiger partial charge in [0, 0.05) is 6.54 Å². The summed E-state index contributed by atoms with van der Waals surface area (Å²) in [6.07, 6.45) is 1.69. The van der Waals surface area contributed by atoms with Crippen molar-refractivity contribution in [3.05, 3.63) is 101 Å². The van der Waals surface area contributed by atoms with Gasteiger partial charge in [0.2, 0.25) is 0 Å². The van der Waals surface area contributed by atoms with Gasteiger partial charge in [-0.1, -0.05) is 48.5 Å². The summed E-state index contributed by atoms with van der Waals surface area (Å²) in [4.78, 5) is 39.3.